The Labute approximate surface area is 75.8 Å². The van der Waals surface area contributed by atoms with Gasteiger partial charge in [-0.1, -0.05) is 35.4 Å². The molecule has 1 heterocycles. The molecule has 4 nitrogen and oxygen atoms in total. The van der Waals surface area contributed by atoms with Crippen LogP contribution in [0.1, 0.15) is 11.7 Å². The highest BCUT2D eigenvalue weighted by Crippen LogP contribution is 2.38. The average molecular weight is 175 g/mol. The third kappa shape index (κ3) is 1.80. The smallest absolute Gasteiger partial charge is 0.109 e. The molecule has 2 rings (SSSR count). The van der Waals surface area contributed by atoms with Crippen molar-refractivity contribution < 1.29 is 4.74 Å². The maximum absolute atomic E-state index is 8.10. The summed E-state index contributed by atoms with van der Waals surface area (Å²) in [6.45, 7) is 0.427. The van der Waals surface area contributed by atoms with Gasteiger partial charge in [0.1, 0.15) is 6.10 Å². The first-order chi connectivity index (χ1) is 6.42. The topological polar surface area (TPSA) is 61.3 Å². The average Bonchev–Trinajstić information content (AvgIpc) is 2.95. The minimum absolute atomic E-state index is 0.0818. The monoisotopic (exact) mass is 175 g/mol. The van der Waals surface area contributed by atoms with Gasteiger partial charge in [0.05, 0.1) is 12.6 Å². The zero-order chi connectivity index (χ0) is 9.10. The molecule has 1 fully saturated rings. The fourth-order valence-corrected chi connectivity index (χ4v) is 1.33. The molecule has 0 aliphatic carbocycles. The molecular formula is C9H9N3O. The third-order valence-electron chi connectivity index (χ3n) is 2.04. The summed E-state index contributed by atoms with van der Waals surface area (Å²) in [7, 11) is 0. The van der Waals surface area contributed by atoms with Gasteiger partial charge in [0, 0.05) is 4.91 Å². The van der Waals surface area contributed by atoms with Crippen LogP contribution in [0.15, 0.2) is 35.4 Å². The molecule has 1 aliphatic heterocycles. The second-order valence-electron chi connectivity index (χ2n) is 2.92. The molecule has 0 N–H and O–H groups in total. The molecule has 2 atom stereocenters. The van der Waals surface area contributed by atoms with E-state index in [1.165, 1.54) is 0 Å². The normalized spacial score (nSPS) is 24.9. The number of hydrogen-bond donors (Lipinski definition) is 0. The van der Waals surface area contributed by atoms with Gasteiger partial charge in [-0.3, -0.25) is 0 Å². The molecule has 0 aromatic heterocycles. The summed E-state index contributed by atoms with van der Waals surface area (Å²) in [6, 6.07) is 9.94. The predicted molar refractivity (Wildman–Crippen MR) is 48.1 cm³/mol. The first-order valence-corrected chi connectivity index (χ1v) is 4.13. The standard InChI is InChI=1S/C9H9N3O/c10-12-11-6-8-9(13-8)7-4-2-1-3-5-7/h1-5,8-9H,6H2/t8-,9+/m0/s1. The van der Waals surface area contributed by atoms with Gasteiger partial charge in [-0.15, -0.1) is 0 Å². The van der Waals surface area contributed by atoms with Crippen LogP contribution >= 0.6 is 0 Å². The summed E-state index contributed by atoms with van der Waals surface area (Å²) in [5, 5.41) is 3.47. The Kier molecular flexibility index (Phi) is 2.17. The molecule has 13 heavy (non-hydrogen) atoms. The van der Waals surface area contributed by atoms with Crippen LogP contribution < -0.4 is 0 Å². The number of azide groups is 1. The van der Waals surface area contributed by atoms with Gasteiger partial charge in [0.25, 0.3) is 0 Å². The molecule has 66 valence electrons. The van der Waals surface area contributed by atoms with Crippen molar-refractivity contribution in [3.05, 3.63) is 46.3 Å². The molecule has 0 spiro atoms. The van der Waals surface area contributed by atoms with Gasteiger partial charge >= 0.3 is 0 Å². The second-order valence-corrected chi connectivity index (χ2v) is 2.92. The number of hydrogen-bond acceptors (Lipinski definition) is 2. The zero-order valence-corrected chi connectivity index (χ0v) is 7.00. The van der Waals surface area contributed by atoms with Crippen molar-refractivity contribution in [2.24, 2.45) is 5.11 Å². The minimum Gasteiger partial charge on any atom is -0.364 e. The van der Waals surface area contributed by atoms with Gasteiger partial charge in [-0.2, -0.15) is 0 Å². The number of rotatable bonds is 3. The molecule has 1 aromatic carbocycles. The summed E-state index contributed by atoms with van der Waals surface area (Å²) >= 11 is 0. The van der Waals surface area contributed by atoms with Crippen molar-refractivity contribution in [1.29, 1.82) is 0 Å². The Balaban J connectivity index is 1.96. The van der Waals surface area contributed by atoms with Gasteiger partial charge in [-0.25, -0.2) is 0 Å². The van der Waals surface area contributed by atoms with Crippen molar-refractivity contribution in [3.8, 4) is 0 Å². The van der Waals surface area contributed by atoms with Gasteiger partial charge in [-0.05, 0) is 11.1 Å². The quantitative estimate of drug-likeness (QED) is 0.301. The SMILES string of the molecule is [N-]=[N+]=NC[C@@H]1O[C@@H]1c1ccccc1. The summed E-state index contributed by atoms with van der Waals surface area (Å²) in [6.07, 6.45) is 0.213. The van der Waals surface area contributed by atoms with E-state index in [1.807, 2.05) is 30.3 Å². The molecule has 0 amide bonds. The summed E-state index contributed by atoms with van der Waals surface area (Å²) in [5.41, 5.74) is 9.26. The highest BCUT2D eigenvalue weighted by Gasteiger charge is 2.38. The van der Waals surface area contributed by atoms with Crippen LogP contribution in [0.4, 0.5) is 0 Å². The van der Waals surface area contributed by atoms with E-state index in [0.717, 1.165) is 5.56 Å². The molecule has 1 aromatic rings. The van der Waals surface area contributed by atoms with Crippen molar-refractivity contribution in [2.75, 3.05) is 6.54 Å². The Morgan fingerprint density at radius 1 is 1.38 bits per heavy atom. The lowest BCUT2D eigenvalue weighted by Crippen LogP contribution is -1.91. The lowest BCUT2D eigenvalue weighted by molar-refractivity contribution is 0.376. The van der Waals surface area contributed by atoms with Crippen LogP contribution in [0.25, 0.3) is 10.4 Å². The van der Waals surface area contributed by atoms with Crippen molar-refractivity contribution in [1.82, 2.24) is 0 Å². The summed E-state index contributed by atoms with van der Waals surface area (Å²) in [4.78, 5) is 2.69. The van der Waals surface area contributed by atoms with E-state index in [9.17, 15) is 0 Å². The van der Waals surface area contributed by atoms with Crippen LogP contribution in [0.5, 0.6) is 0 Å². The van der Waals surface area contributed by atoms with E-state index >= 15 is 0 Å². The first-order valence-electron chi connectivity index (χ1n) is 4.13. The fourth-order valence-electron chi connectivity index (χ4n) is 1.33. The highest BCUT2D eigenvalue weighted by molar-refractivity contribution is 5.22. The first kappa shape index (κ1) is 8.10. The lowest BCUT2D eigenvalue weighted by Gasteiger charge is -1.92. The largest absolute Gasteiger partial charge is 0.364 e. The fraction of sp³-hybridized carbons (Fsp3) is 0.333. The highest BCUT2D eigenvalue weighted by atomic mass is 16.6. The Morgan fingerprint density at radius 2 is 2.15 bits per heavy atom. The van der Waals surface area contributed by atoms with E-state index in [1.54, 1.807) is 0 Å². The van der Waals surface area contributed by atoms with Crippen LogP contribution in [0, 0.1) is 0 Å². The maximum atomic E-state index is 8.10. The van der Waals surface area contributed by atoms with E-state index in [0.29, 0.717) is 6.54 Å². The zero-order valence-electron chi connectivity index (χ0n) is 7.00. The van der Waals surface area contributed by atoms with Crippen LogP contribution in [0.2, 0.25) is 0 Å². The molecule has 0 bridgehead atoms. The molecule has 1 saturated heterocycles. The second kappa shape index (κ2) is 3.47. The van der Waals surface area contributed by atoms with Gasteiger partial charge in [0.15, 0.2) is 0 Å². The number of epoxide rings is 1. The van der Waals surface area contributed by atoms with E-state index < -0.39 is 0 Å². The lowest BCUT2D eigenvalue weighted by atomic mass is 10.1. The summed E-state index contributed by atoms with van der Waals surface area (Å²) < 4.78 is 5.34. The van der Waals surface area contributed by atoms with E-state index in [4.69, 9.17) is 10.3 Å². The third-order valence-corrected chi connectivity index (χ3v) is 2.04. The van der Waals surface area contributed by atoms with Gasteiger partial charge in [0.2, 0.25) is 0 Å². The minimum atomic E-state index is 0.0818. The maximum Gasteiger partial charge on any atom is 0.109 e. The van der Waals surface area contributed by atoms with Crippen LogP contribution in [-0.2, 0) is 4.74 Å². The number of ether oxygens (including phenoxy) is 1. The molecule has 0 saturated carbocycles. The van der Waals surface area contributed by atoms with Crippen LogP contribution in [0.3, 0.4) is 0 Å². The van der Waals surface area contributed by atoms with Gasteiger partial charge < -0.3 is 4.74 Å². The molecule has 0 unspecified atom stereocenters. The molecule has 1 aliphatic rings. The Hall–Kier alpha value is -1.51. The van der Waals surface area contributed by atoms with Crippen LogP contribution in [-0.4, -0.2) is 12.6 Å². The number of nitrogens with zero attached hydrogens (tertiary/aromatic N) is 3. The Morgan fingerprint density at radius 3 is 2.85 bits per heavy atom. The number of benzene rings is 1. The van der Waals surface area contributed by atoms with Crippen molar-refractivity contribution in [3.63, 3.8) is 0 Å². The Bertz CT molecular complexity index is 332. The van der Waals surface area contributed by atoms with E-state index in [-0.39, 0.29) is 12.2 Å². The summed E-state index contributed by atoms with van der Waals surface area (Å²) in [5.74, 6) is 0. The molecule has 0 radical (unpaired) electrons. The molecular weight excluding hydrogens is 166 g/mol. The van der Waals surface area contributed by atoms with E-state index in [2.05, 4.69) is 10.0 Å². The van der Waals surface area contributed by atoms with Crippen molar-refractivity contribution >= 4 is 0 Å². The van der Waals surface area contributed by atoms with Crippen molar-refractivity contribution in [2.45, 2.75) is 12.2 Å². The predicted octanol–water partition coefficient (Wildman–Crippen LogP) is 2.44. The molecule has 4 heteroatoms.